The van der Waals surface area contributed by atoms with Crippen molar-refractivity contribution in [3.63, 3.8) is 0 Å². The molecule has 0 unspecified atom stereocenters. The van der Waals surface area contributed by atoms with E-state index < -0.39 is 5.82 Å². The van der Waals surface area contributed by atoms with Crippen LogP contribution in [-0.4, -0.2) is 49.5 Å². The second-order valence-electron chi connectivity index (χ2n) is 6.68. The Balaban J connectivity index is 1.80. The second kappa shape index (κ2) is 7.52. The fraction of sp³-hybridized carbons (Fsp3) is 0.444. The standard InChI is InChI=1S/C18H21FN6O/c1-12(2)4-5-17(26)25-8-14(15-9-24(3)11-22-15)16(10-25)23-18-20-6-13(19)7-21-18/h6-7,9,11-12,14,16H,8,10H2,1-3H3,(H,20,21,23)/t14-,16+/m0/s1. The summed E-state index contributed by atoms with van der Waals surface area (Å²) in [6, 6.07) is -0.139. The quantitative estimate of drug-likeness (QED) is 0.842. The Bertz CT molecular complexity index is 835. The number of aryl methyl sites for hydroxylation is 1. The Kier molecular flexibility index (Phi) is 5.16. The van der Waals surface area contributed by atoms with Crippen LogP contribution in [-0.2, 0) is 11.8 Å². The largest absolute Gasteiger partial charge is 0.349 e. The SMILES string of the molecule is CC(C)C#CC(=O)N1C[C@@H](Nc2ncc(F)cn2)[C@H](c2cn(C)cn2)C1. The van der Waals surface area contributed by atoms with Gasteiger partial charge in [0, 0.05) is 38.2 Å². The molecule has 1 saturated heterocycles. The summed E-state index contributed by atoms with van der Waals surface area (Å²) in [5.74, 6) is 5.32. The maximum absolute atomic E-state index is 13.0. The molecule has 0 saturated carbocycles. The van der Waals surface area contributed by atoms with Gasteiger partial charge in [0.25, 0.3) is 5.91 Å². The van der Waals surface area contributed by atoms with Crippen LogP contribution < -0.4 is 5.32 Å². The molecule has 1 fully saturated rings. The summed E-state index contributed by atoms with van der Waals surface area (Å²) >= 11 is 0. The molecular weight excluding hydrogens is 335 g/mol. The van der Waals surface area contributed by atoms with E-state index in [1.165, 1.54) is 0 Å². The lowest BCUT2D eigenvalue weighted by atomic mass is 10.0. The summed E-state index contributed by atoms with van der Waals surface area (Å²) in [6.07, 6.45) is 5.87. The fourth-order valence-electron chi connectivity index (χ4n) is 2.88. The van der Waals surface area contributed by atoms with Crippen molar-refractivity contribution in [2.24, 2.45) is 13.0 Å². The molecule has 0 aromatic carbocycles. The van der Waals surface area contributed by atoms with E-state index in [1.54, 1.807) is 11.2 Å². The molecule has 2 aromatic rings. The van der Waals surface area contributed by atoms with Gasteiger partial charge in [-0.3, -0.25) is 4.79 Å². The van der Waals surface area contributed by atoms with Gasteiger partial charge in [0.2, 0.25) is 5.95 Å². The number of imidazole rings is 1. The Morgan fingerprint density at radius 2 is 2.04 bits per heavy atom. The molecule has 0 bridgehead atoms. The number of likely N-dealkylation sites (tertiary alicyclic amines) is 1. The van der Waals surface area contributed by atoms with Gasteiger partial charge >= 0.3 is 0 Å². The van der Waals surface area contributed by atoms with Crippen molar-refractivity contribution in [3.8, 4) is 11.8 Å². The van der Waals surface area contributed by atoms with Gasteiger partial charge in [-0.05, 0) is 5.92 Å². The van der Waals surface area contributed by atoms with E-state index in [4.69, 9.17) is 0 Å². The third-order valence-corrected chi connectivity index (χ3v) is 4.11. The van der Waals surface area contributed by atoms with Crippen LogP contribution in [0.2, 0.25) is 0 Å². The molecule has 8 heteroatoms. The van der Waals surface area contributed by atoms with E-state index in [1.807, 2.05) is 31.7 Å². The number of halogens is 1. The summed E-state index contributed by atoms with van der Waals surface area (Å²) < 4.78 is 14.9. The highest BCUT2D eigenvalue weighted by molar-refractivity contribution is 5.94. The lowest BCUT2D eigenvalue weighted by molar-refractivity contribution is -0.124. The Labute approximate surface area is 151 Å². The molecule has 0 radical (unpaired) electrons. The van der Waals surface area contributed by atoms with Crippen LogP contribution in [0.15, 0.2) is 24.9 Å². The van der Waals surface area contributed by atoms with Crippen molar-refractivity contribution in [3.05, 3.63) is 36.4 Å². The van der Waals surface area contributed by atoms with Crippen molar-refractivity contribution in [1.29, 1.82) is 0 Å². The summed E-state index contributed by atoms with van der Waals surface area (Å²) in [5.41, 5.74) is 0.874. The van der Waals surface area contributed by atoms with Crippen molar-refractivity contribution in [2.75, 3.05) is 18.4 Å². The molecule has 7 nitrogen and oxygen atoms in total. The minimum absolute atomic E-state index is 0.0327. The number of carbonyl (C=O) groups excluding carboxylic acids is 1. The van der Waals surface area contributed by atoms with Crippen molar-refractivity contribution in [1.82, 2.24) is 24.4 Å². The van der Waals surface area contributed by atoms with Gasteiger partial charge in [-0.25, -0.2) is 19.3 Å². The average Bonchev–Trinajstić information content (AvgIpc) is 3.21. The molecular formula is C18H21FN6O. The number of hydrogen-bond donors (Lipinski definition) is 1. The number of anilines is 1. The summed E-state index contributed by atoms with van der Waals surface area (Å²) in [7, 11) is 1.90. The van der Waals surface area contributed by atoms with Gasteiger partial charge in [-0.15, -0.1) is 0 Å². The van der Waals surface area contributed by atoms with Crippen LogP contribution in [0.4, 0.5) is 10.3 Å². The third kappa shape index (κ3) is 4.17. The zero-order valence-corrected chi connectivity index (χ0v) is 15.0. The summed E-state index contributed by atoms with van der Waals surface area (Å²) in [6.45, 7) is 4.84. The van der Waals surface area contributed by atoms with E-state index in [0.717, 1.165) is 18.1 Å². The van der Waals surface area contributed by atoms with E-state index in [9.17, 15) is 9.18 Å². The maximum Gasteiger partial charge on any atom is 0.298 e. The normalized spacial score (nSPS) is 19.3. The predicted molar refractivity (Wildman–Crippen MR) is 94.5 cm³/mol. The lowest BCUT2D eigenvalue weighted by Crippen LogP contribution is -2.31. The van der Waals surface area contributed by atoms with Crippen molar-refractivity contribution in [2.45, 2.75) is 25.8 Å². The molecule has 1 aliphatic rings. The molecule has 3 heterocycles. The molecule has 136 valence electrons. The molecule has 3 rings (SSSR count). The van der Waals surface area contributed by atoms with E-state index in [2.05, 4.69) is 32.1 Å². The first kappa shape index (κ1) is 17.9. The highest BCUT2D eigenvalue weighted by Gasteiger charge is 2.37. The van der Waals surface area contributed by atoms with Gasteiger partial charge in [-0.1, -0.05) is 19.8 Å². The highest BCUT2D eigenvalue weighted by atomic mass is 19.1. The zero-order chi connectivity index (χ0) is 18.7. The maximum atomic E-state index is 13.0. The number of aromatic nitrogens is 4. The van der Waals surface area contributed by atoms with Crippen LogP contribution in [0.25, 0.3) is 0 Å². The Morgan fingerprint density at radius 3 is 2.65 bits per heavy atom. The molecule has 26 heavy (non-hydrogen) atoms. The molecule has 2 atom stereocenters. The van der Waals surface area contributed by atoms with E-state index in [-0.39, 0.29) is 23.8 Å². The van der Waals surface area contributed by atoms with Crippen LogP contribution in [0.1, 0.15) is 25.5 Å². The number of amides is 1. The molecule has 1 N–H and O–H groups in total. The summed E-state index contributed by atoms with van der Waals surface area (Å²) in [5, 5.41) is 3.20. The van der Waals surface area contributed by atoms with Gasteiger partial charge in [0.05, 0.1) is 30.5 Å². The van der Waals surface area contributed by atoms with Crippen LogP contribution in [0.5, 0.6) is 0 Å². The molecule has 1 aliphatic heterocycles. The first-order valence-corrected chi connectivity index (χ1v) is 8.44. The molecule has 1 amide bonds. The predicted octanol–water partition coefficient (Wildman–Crippen LogP) is 1.42. The Hall–Kier alpha value is -2.95. The number of rotatable bonds is 3. The average molecular weight is 356 g/mol. The first-order chi connectivity index (χ1) is 12.4. The lowest BCUT2D eigenvalue weighted by Gasteiger charge is -2.17. The summed E-state index contributed by atoms with van der Waals surface area (Å²) in [4.78, 5) is 26.4. The highest BCUT2D eigenvalue weighted by Crippen LogP contribution is 2.28. The van der Waals surface area contributed by atoms with Gasteiger partial charge in [0.1, 0.15) is 0 Å². The second-order valence-corrected chi connectivity index (χ2v) is 6.68. The molecule has 2 aromatic heterocycles. The van der Waals surface area contributed by atoms with Crippen LogP contribution in [0.3, 0.4) is 0 Å². The smallest absolute Gasteiger partial charge is 0.298 e. The monoisotopic (exact) mass is 356 g/mol. The number of hydrogen-bond acceptors (Lipinski definition) is 5. The first-order valence-electron chi connectivity index (χ1n) is 8.44. The van der Waals surface area contributed by atoms with E-state index >= 15 is 0 Å². The Morgan fingerprint density at radius 1 is 1.31 bits per heavy atom. The number of nitrogens with zero attached hydrogens (tertiary/aromatic N) is 5. The van der Waals surface area contributed by atoms with Crippen molar-refractivity contribution < 1.29 is 9.18 Å². The van der Waals surface area contributed by atoms with Crippen LogP contribution in [0, 0.1) is 23.6 Å². The topological polar surface area (TPSA) is 75.9 Å². The molecule has 0 spiro atoms. The van der Waals surface area contributed by atoms with Gasteiger partial charge in [0.15, 0.2) is 5.82 Å². The van der Waals surface area contributed by atoms with Gasteiger partial charge in [-0.2, -0.15) is 0 Å². The van der Waals surface area contributed by atoms with Crippen molar-refractivity contribution >= 4 is 11.9 Å². The van der Waals surface area contributed by atoms with Crippen LogP contribution >= 0.6 is 0 Å². The minimum Gasteiger partial charge on any atom is -0.349 e. The number of carbonyl (C=O) groups is 1. The fourth-order valence-corrected chi connectivity index (χ4v) is 2.88. The van der Waals surface area contributed by atoms with Gasteiger partial charge < -0.3 is 14.8 Å². The minimum atomic E-state index is -0.496. The number of nitrogens with one attached hydrogen (secondary N) is 1. The van der Waals surface area contributed by atoms with E-state index in [0.29, 0.717) is 19.0 Å². The molecule has 0 aliphatic carbocycles. The zero-order valence-electron chi connectivity index (χ0n) is 15.0. The third-order valence-electron chi connectivity index (χ3n) is 4.11.